The van der Waals surface area contributed by atoms with Crippen LogP contribution in [0.2, 0.25) is 0 Å². The Labute approximate surface area is 213 Å². The van der Waals surface area contributed by atoms with Crippen molar-refractivity contribution in [2.45, 2.75) is 6.54 Å². The van der Waals surface area contributed by atoms with Crippen molar-refractivity contribution in [3.63, 3.8) is 0 Å². The Morgan fingerprint density at radius 2 is 2.11 bits per heavy atom. The molecule has 0 atom stereocenters. The quantitative estimate of drug-likeness (QED) is 0.318. The molecule has 0 radical (unpaired) electrons. The van der Waals surface area contributed by atoms with Gasteiger partial charge in [-0.25, -0.2) is 9.97 Å². The summed E-state index contributed by atoms with van der Waals surface area (Å²) in [7, 11) is 3.98. The summed E-state index contributed by atoms with van der Waals surface area (Å²) in [6.07, 6.45) is 6.18. The molecule has 9 heteroatoms. The van der Waals surface area contributed by atoms with Crippen molar-refractivity contribution in [2.75, 3.05) is 31.3 Å². The maximum atomic E-state index is 12.2. The molecule has 0 saturated heterocycles. The Morgan fingerprint density at radius 3 is 2.92 bits per heavy atom. The first-order valence-corrected chi connectivity index (χ1v) is 11.4. The van der Waals surface area contributed by atoms with E-state index in [-0.39, 0.29) is 5.91 Å². The normalized spacial score (nSPS) is 12.9. The SMILES string of the molecule is [2H]C([2H])([2H])n1cc(-c2ccnc(Nc3cc(NC(=O)C=C)c4c(cnn4CCN(C)C)c3)n2)c2ccccc21. The van der Waals surface area contributed by atoms with Crippen LogP contribution in [0.25, 0.3) is 33.1 Å². The van der Waals surface area contributed by atoms with Crippen LogP contribution in [0, 0.1) is 0 Å². The fourth-order valence-electron chi connectivity index (χ4n) is 4.13. The molecular weight excluding hydrogens is 452 g/mol. The Morgan fingerprint density at radius 1 is 1.25 bits per heavy atom. The number of para-hydroxylation sites is 1. The van der Waals surface area contributed by atoms with Crippen LogP contribution >= 0.6 is 0 Å². The van der Waals surface area contributed by atoms with Gasteiger partial charge in [0.25, 0.3) is 0 Å². The summed E-state index contributed by atoms with van der Waals surface area (Å²) >= 11 is 0. The molecule has 0 bridgehead atoms. The van der Waals surface area contributed by atoms with Gasteiger partial charge in [-0.05, 0) is 44.4 Å². The topological polar surface area (TPSA) is 92.9 Å². The lowest BCUT2D eigenvalue weighted by molar-refractivity contribution is -0.111. The number of fused-ring (bicyclic) bond motifs is 2. The fourth-order valence-corrected chi connectivity index (χ4v) is 4.13. The van der Waals surface area contributed by atoms with Crippen LogP contribution in [0.5, 0.6) is 0 Å². The smallest absolute Gasteiger partial charge is 0.247 e. The Hall–Kier alpha value is -4.50. The first kappa shape index (κ1) is 19.8. The number of carbonyl (C=O) groups is 1. The van der Waals surface area contributed by atoms with E-state index in [2.05, 4.69) is 37.2 Å². The number of amides is 1. The van der Waals surface area contributed by atoms with Crippen molar-refractivity contribution in [1.29, 1.82) is 0 Å². The summed E-state index contributed by atoms with van der Waals surface area (Å²) in [6.45, 7) is 2.66. The zero-order valence-corrected chi connectivity index (χ0v) is 20.1. The summed E-state index contributed by atoms with van der Waals surface area (Å²) < 4.78 is 26.9. The molecule has 0 saturated carbocycles. The Kier molecular flexibility index (Phi) is 5.29. The predicted octanol–water partition coefficient (Wildman–Crippen LogP) is 4.41. The molecule has 0 aliphatic heterocycles. The average Bonchev–Trinajstić information content (AvgIpc) is 3.49. The third kappa shape index (κ3) is 4.56. The molecule has 1 amide bonds. The number of aryl methyl sites for hydroxylation is 1. The molecule has 5 rings (SSSR count). The standard InChI is InChI=1S/C27H28N8O/c1-5-25(36)31-23-15-19(14-18-16-29-35(26(18)23)13-12-33(2)3)30-27-28-11-10-22(32-27)21-17-34(4)24-9-7-6-8-20(21)24/h5-11,14-17H,1,12-13H2,2-4H3,(H,31,36)(H,28,30,32)/i4D3. The number of likely N-dealkylation sites (N-methyl/N-ethyl adjacent to an activating group) is 1. The van der Waals surface area contributed by atoms with Crippen molar-refractivity contribution in [3.8, 4) is 11.3 Å². The summed E-state index contributed by atoms with van der Waals surface area (Å²) in [5.74, 6) is -0.0173. The van der Waals surface area contributed by atoms with Gasteiger partial charge in [-0.3, -0.25) is 9.48 Å². The van der Waals surface area contributed by atoms with Gasteiger partial charge in [0.1, 0.15) is 0 Å². The largest absolute Gasteiger partial charge is 0.350 e. The average molecular weight is 484 g/mol. The Bertz CT molecular complexity index is 1690. The maximum Gasteiger partial charge on any atom is 0.247 e. The zero-order chi connectivity index (χ0) is 27.7. The number of carbonyl (C=O) groups excluding carboxylic acids is 1. The summed E-state index contributed by atoms with van der Waals surface area (Å²) in [6, 6.07) is 12.8. The van der Waals surface area contributed by atoms with Crippen molar-refractivity contribution < 1.29 is 8.91 Å². The minimum Gasteiger partial charge on any atom is -0.350 e. The highest BCUT2D eigenvalue weighted by Gasteiger charge is 2.14. The van der Waals surface area contributed by atoms with Gasteiger partial charge in [-0.2, -0.15) is 5.10 Å². The van der Waals surface area contributed by atoms with Crippen LogP contribution in [-0.2, 0) is 18.3 Å². The van der Waals surface area contributed by atoms with Gasteiger partial charge in [0.05, 0.1) is 29.6 Å². The predicted molar refractivity (Wildman–Crippen MR) is 144 cm³/mol. The highest BCUT2D eigenvalue weighted by Crippen LogP contribution is 2.32. The van der Waals surface area contributed by atoms with Gasteiger partial charge in [0.15, 0.2) is 0 Å². The van der Waals surface area contributed by atoms with Gasteiger partial charge >= 0.3 is 0 Å². The second-order valence-corrected chi connectivity index (χ2v) is 8.65. The molecule has 0 fully saturated rings. The number of hydrogen-bond acceptors (Lipinski definition) is 6. The first-order valence-electron chi connectivity index (χ1n) is 12.9. The van der Waals surface area contributed by atoms with E-state index in [4.69, 9.17) is 4.11 Å². The van der Waals surface area contributed by atoms with Crippen molar-refractivity contribution in [3.05, 3.63) is 73.7 Å². The number of nitrogens with zero attached hydrogens (tertiary/aromatic N) is 6. The lowest BCUT2D eigenvalue weighted by atomic mass is 10.1. The summed E-state index contributed by atoms with van der Waals surface area (Å²) in [4.78, 5) is 23.3. The summed E-state index contributed by atoms with van der Waals surface area (Å²) in [5, 5.41) is 12.2. The first-order chi connectivity index (χ1) is 18.6. The third-order valence-electron chi connectivity index (χ3n) is 5.84. The lowest BCUT2D eigenvalue weighted by Crippen LogP contribution is -2.19. The van der Waals surface area contributed by atoms with E-state index in [1.54, 1.807) is 36.8 Å². The minimum absolute atomic E-state index is 0.318. The van der Waals surface area contributed by atoms with Gasteiger partial charge in [0.2, 0.25) is 11.9 Å². The summed E-state index contributed by atoms with van der Waals surface area (Å²) in [5.41, 5.74) is 3.88. The van der Waals surface area contributed by atoms with Crippen LogP contribution in [0.1, 0.15) is 4.11 Å². The van der Waals surface area contributed by atoms with Crippen molar-refractivity contribution in [1.82, 2.24) is 29.2 Å². The molecule has 0 aliphatic carbocycles. The zero-order valence-electron chi connectivity index (χ0n) is 23.1. The van der Waals surface area contributed by atoms with Crippen LogP contribution in [-0.4, -0.2) is 55.8 Å². The molecule has 182 valence electrons. The molecule has 3 aromatic heterocycles. The molecule has 2 N–H and O–H groups in total. The lowest BCUT2D eigenvalue weighted by Gasteiger charge is -2.14. The van der Waals surface area contributed by atoms with Gasteiger partial charge < -0.3 is 20.1 Å². The van der Waals surface area contributed by atoms with E-state index in [9.17, 15) is 4.79 Å². The number of rotatable bonds is 8. The number of nitrogens with one attached hydrogen (secondary N) is 2. The van der Waals surface area contributed by atoms with E-state index in [0.717, 1.165) is 22.8 Å². The third-order valence-corrected chi connectivity index (χ3v) is 5.84. The van der Waals surface area contributed by atoms with Gasteiger partial charge in [-0.1, -0.05) is 24.8 Å². The monoisotopic (exact) mass is 483 g/mol. The number of anilines is 3. The molecule has 2 aromatic carbocycles. The second-order valence-electron chi connectivity index (χ2n) is 8.65. The van der Waals surface area contributed by atoms with E-state index in [1.165, 1.54) is 10.6 Å². The van der Waals surface area contributed by atoms with Crippen LogP contribution in [0.15, 0.2) is 73.7 Å². The molecule has 0 spiro atoms. The van der Waals surface area contributed by atoms with Crippen LogP contribution < -0.4 is 10.6 Å². The van der Waals surface area contributed by atoms with E-state index in [1.807, 2.05) is 43.0 Å². The molecular formula is C27H28N8O. The molecule has 5 aromatic rings. The van der Waals surface area contributed by atoms with Crippen molar-refractivity contribution >= 4 is 45.0 Å². The minimum atomic E-state index is -2.33. The number of hydrogen-bond donors (Lipinski definition) is 2. The van der Waals surface area contributed by atoms with Gasteiger partial charge in [0, 0.05) is 57.6 Å². The molecule has 0 unspecified atom stereocenters. The highest BCUT2D eigenvalue weighted by atomic mass is 16.1. The van der Waals surface area contributed by atoms with Crippen LogP contribution in [0.4, 0.5) is 17.3 Å². The Balaban J connectivity index is 1.52. The number of benzene rings is 2. The molecule has 3 heterocycles. The van der Waals surface area contributed by atoms with Crippen LogP contribution in [0.3, 0.4) is 0 Å². The van der Waals surface area contributed by atoms with E-state index >= 15 is 0 Å². The van der Waals surface area contributed by atoms with Gasteiger partial charge in [-0.15, -0.1) is 0 Å². The highest BCUT2D eigenvalue weighted by molar-refractivity contribution is 6.06. The fraction of sp³-hybridized carbons (Fsp3) is 0.185. The number of aromatic nitrogens is 5. The molecule has 9 nitrogen and oxygen atoms in total. The molecule has 36 heavy (non-hydrogen) atoms. The van der Waals surface area contributed by atoms with Crippen molar-refractivity contribution in [2.24, 2.45) is 6.98 Å². The molecule has 0 aliphatic rings. The van der Waals surface area contributed by atoms with E-state index < -0.39 is 6.98 Å². The second kappa shape index (κ2) is 9.63. The maximum absolute atomic E-state index is 12.2. The van der Waals surface area contributed by atoms with E-state index in [0.29, 0.717) is 40.6 Å².